The quantitative estimate of drug-likeness (QED) is 0.363. The Labute approximate surface area is 164 Å². The fourth-order valence-corrected chi connectivity index (χ4v) is 4.35. The van der Waals surface area contributed by atoms with E-state index in [-0.39, 0.29) is 0 Å². The summed E-state index contributed by atoms with van der Waals surface area (Å²) in [6, 6.07) is 3.90. The lowest BCUT2D eigenvalue weighted by Gasteiger charge is -2.03. The van der Waals surface area contributed by atoms with Gasteiger partial charge in [0.25, 0.3) is 5.95 Å². The van der Waals surface area contributed by atoms with Gasteiger partial charge >= 0.3 is 0 Å². The summed E-state index contributed by atoms with van der Waals surface area (Å²) in [6.07, 6.45) is 0. The topological polar surface area (TPSA) is 113 Å². The second-order valence-electron chi connectivity index (χ2n) is 5.42. The zero-order valence-corrected chi connectivity index (χ0v) is 17.0. The van der Waals surface area contributed by atoms with E-state index >= 15 is 0 Å². The van der Waals surface area contributed by atoms with Gasteiger partial charge in [0.15, 0.2) is 0 Å². The van der Waals surface area contributed by atoms with Crippen molar-refractivity contribution in [1.82, 2.24) is 34.8 Å². The van der Waals surface area contributed by atoms with Gasteiger partial charge in [0, 0.05) is 15.5 Å². The molecule has 0 bridgehead atoms. The number of thiophene rings is 1. The van der Waals surface area contributed by atoms with Crippen LogP contribution in [0.4, 0.5) is 0 Å². The van der Waals surface area contributed by atoms with Gasteiger partial charge in [-0.05, 0) is 41.9 Å². The standard InChI is InChI=1S/C14H13BrN8OS2/c1-7-3-8(2)23(20-7)13-18-19-14(22(13)16)26-6-11-17-12(21-24-11)10-4-9(15)5-25-10/h3-5H,6,16H2,1-2H3. The van der Waals surface area contributed by atoms with E-state index in [9.17, 15) is 0 Å². The number of rotatable bonds is 5. The summed E-state index contributed by atoms with van der Waals surface area (Å²) in [5.41, 5.74) is 1.82. The van der Waals surface area contributed by atoms with Gasteiger partial charge in [-0.2, -0.15) is 10.1 Å². The number of halogens is 1. The second kappa shape index (κ2) is 6.85. The monoisotopic (exact) mass is 452 g/mol. The molecule has 0 aliphatic rings. The van der Waals surface area contributed by atoms with Gasteiger partial charge in [0.05, 0.1) is 16.3 Å². The molecule has 4 heterocycles. The Morgan fingerprint density at radius 3 is 2.85 bits per heavy atom. The number of aromatic nitrogens is 7. The molecule has 26 heavy (non-hydrogen) atoms. The Morgan fingerprint density at radius 2 is 2.15 bits per heavy atom. The molecular weight excluding hydrogens is 440 g/mol. The number of hydrogen-bond acceptors (Lipinski definition) is 9. The molecule has 9 nitrogen and oxygen atoms in total. The molecule has 4 rings (SSSR count). The third-order valence-electron chi connectivity index (χ3n) is 3.43. The Balaban J connectivity index is 1.49. The highest BCUT2D eigenvalue weighted by atomic mass is 79.9. The zero-order chi connectivity index (χ0) is 18.3. The minimum Gasteiger partial charge on any atom is -0.338 e. The minimum atomic E-state index is 0.437. The van der Waals surface area contributed by atoms with Crippen molar-refractivity contribution in [3.05, 3.63) is 39.3 Å². The highest BCUT2D eigenvalue weighted by molar-refractivity contribution is 9.10. The Morgan fingerprint density at radius 1 is 1.31 bits per heavy atom. The van der Waals surface area contributed by atoms with Crippen molar-refractivity contribution in [1.29, 1.82) is 0 Å². The average Bonchev–Trinajstić information content (AvgIpc) is 3.35. The molecule has 4 aromatic heterocycles. The van der Waals surface area contributed by atoms with E-state index in [4.69, 9.17) is 10.4 Å². The number of hydrogen-bond donors (Lipinski definition) is 1. The Hall–Kier alpha value is -2.18. The molecule has 2 N–H and O–H groups in total. The highest BCUT2D eigenvalue weighted by Crippen LogP contribution is 2.29. The lowest BCUT2D eigenvalue weighted by atomic mass is 10.4. The number of thioether (sulfide) groups is 1. The number of nitrogens with two attached hydrogens (primary N) is 1. The van der Waals surface area contributed by atoms with E-state index in [0.29, 0.717) is 28.6 Å². The minimum absolute atomic E-state index is 0.437. The van der Waals surface area contributed by atoms with E-state index < -0.39 is 0 Å². The third kappa shape index (κ3) is 3.27. The molecule has 0 saturated heterocycles. The molecule has 0 aliphatic carbocycles. The molecule has 0 amide bonds. The van der Waals surface area contributed by atoms with Gasteiger partial charge in [-0.1, -0.05) is 16.9 Å². The third-order valence-corrected chi connectivity index (χ3v) is 6.04. The molecule has 0 fully saturated rings. The molecule has 0 spiro atoms. The summed E-state index contributed by atoms with van der Waals surface area (Å²) < 4.78 is 9.35. The molecule has 0 saturated carbocycles. The average molecular weight is 453 g/mol. The SMILES string of the molecule is Cc1cc(C)n(-c2nnc(SCc3nc(-c4cc(Br)cs4)no3)n2N)n1. The van der Waals surface area contributed by atoms with Crippen LogP contribution in [-0.2, 0) is 5.75 Å². The van der Waals surface area contributed by atoms with E-state index in [1.54, 1.807) is 16.0 Å². The van der Waals surface area contributed by atoms with Crippen LogP contribution < -0.4 is 5.84 Å². The smallest absolute Gasteiger partial charge is 0.271 e. The first-order valence-corrected chi connectivity index (χ1v) is 10.1. The van der Waals surface area contributed by atoms with E-state index in [1.165, 1.54) is 16.4 Å². The van der Waals surface area contributed by atoms with Crippen molar-refractivity contribution >= 4 is 39.0 Å². The summed E-state index contributed by atoms with van der Waals surface area (Å²) >= 11 is 6.32. The van der Waals surface area contributed by atoms with Crippen molar-refractivity contribution in [2.45, 2.75) is 24.8 Å². The molecule has 0 radical (unpaired) electrons. The Bertz CT molecular complexity index is 1070. The first kappa shape index (κ1) is 17.2. The van der Waals surface area contributed by atoms with Crippen molar-refractivity contribution in [2.75, 3.05) is 5.84 Å². The maximum atomic E-state index is 6.12. The van der Waals surface area contributed by atoms with Crippen LogP contribution in [0, 0.1) is 13.8 Å². The zero-order valence-electron chi connectivity index (χ0n) is 13.7. The summed E-state index contributed by atoms with van der Waals surface area (Å²) in [5, 5.41) is 19.1. The summed E-state index contributed by atoms with van der Waals surface area (Å²) in [5.74, 6) is 8.06. The summed E-state index contributed by atoms with van der Waals surface area (Å²) in [7, 11) is 0. The number of nitrogens with zero attached hydrogens (tertiary/aromatic N) is 7. The molecule has 0 aromatic carbocycles. The molecule has 0 aliphatic heterocycles. The van der Waals surface area contributed by atoms with Crippen molar-refractivity contribution in [2.24, 2.45) is 0 Å². The molecule has 12 heteroatoms. The maximum absolute atomic E-state index is 6.12. The van der Waals surface area contributed by atoms with E-state index in [0.717, 1.165) is 20.7 Å². The summed E-state index contributed by atoms with van der Waals surface area (Å²) in [4.78, 5) is 5.33. The van der Waals surface area contributed by atoms with Gasteiger partial charge in [0.1, 0.15) is 0 Å². The van der Waals surface area contributed by atoms with E-state index in [1.807, 2.05) is 31.4 Å². The van der Waals surface area contributed by atoms with Crippen LogP contribution in [0.1, 0.15) is 17.3 Å². The lowest BCUT2D eigenvalue weighted by Crippen LogP contribution is -2.17. The molecule has 0 unspecified atom stereocenters. The van der Waals surface area contributed by atoms with Crippen LogP contribution in [0.2, 0.25) is 0 Å². The normalized spacial score (nSPS) is 11.3. The van der Waals surface area contributed by atoms with E-state index in [2.05, 4.69) is 41.4 Å². The van der Waals surface area contributed by atoms with Gasteiger partial charge in [-0.15, -0.1) is 21.5 Å². The molecule has 0 atom stereocenters. The fraction of sp³-hybridized carbons (Fsp3) is 0.214. The van der Waals surface area contributed by atoms with Gasteiger partial charge < -0.3 is 10.4 Å². The molecule has 134 valence electrons. The highest BCUT2D eigenvalue weighted by Gasteiger charge is 2.17. The lowest BCUT2D eigenvalue weighted by molar-refractivity contribution is 0.391. The van der Waals surface area contributed by atoms with Crippen LogP contribution in [0.5, 0.6) is 0 Å². The first-order chi connectivity index (χ1) is 12.5. The first-order valence-electron chi connectivity index (χ1n) is 7.45. The van der Waals surface area contributed by atoms with Crippen LogP contribution in [0.15, 0.2) is 31.7 Å². The van der Waals surface area contributed by atoms with Gasteiger partial charge in [0.2, 0.25) is 16.9 Å². The van der Waals surface area contributed by atoms with Gasteiger partial charge in [-0.25, -0.2) is 9.36 Å². The predicted molar refractivity (Wildman–Crippen MR) is 102 cm³/mol. The second-order valence-corrected chi connectivity index (χ2v) is 8.19. The number of aryl methyl sites for hydroxylation is 2. The van der Waals surface area contributed by atoms with Crippen molar-refractivity contribution < 1.29 is 4.52 Å². The maximum Gasteiger partial charge on any atom is 0.271 e. The largest absolute Gasteiger partial charge is 0.338 e. The molecule has 4 aromatic rings. The van der Waals surface area contributed by atoms with Crippen LogP contribution in [-0.4, -0.2) is 34.8 Å². The van der Waals surface area contributed by atoms with Crippen molar-refractivity contribution in [3.8, 4) is 16.6 Å². The van der Waals surface area contributed by atoms with Gasteiger partial charge in [-0.3, -0.25) is 0 Å². The van der Waals surface area contributed by atoms with Crippen LogP contribution >= 0.6 is 39.0 Å². The Kier molecular flexibility index (Phi) is 4.54. The number of nitrogen functional groups attached to an aromatic ring is 1. The summed E-state index contributed by atoms with van der Waals surface area (Å²) in [6.45, 7) is 3.85. The van der Waals surface area contributed by atoms with Crippen molar-refractivity contribution in [3.63, 3.8) is 0 Å². The predicted octanol–water partition coefficient (Wildman–Crippen LogP) is 2.96. The molecular formula is C14H13BrN8OS2. The van der Waals surface area contributed by atoms with Crippen LogP contribution in [0.25, 0.3) is 16.6 Å². The van der Waals surface area contributed by atoms with Crippen LogP contribution in [0.3, 0.4) is 0 Å². The fourth-order valence-electron chi connectivity index (χ4n) is 2.31.